The zero-order valence-electron chi connectivity index (χ0n) is 26.6. The Morgan fingerprint density at radius 2 is 1.72 bits per heavy atom. The molecule has 0 bridgehead atoms. The molecule has 47 heavy (non-hydrogen) atoms. The number of aliphatic hydroxyl groups excluding tert-OH is 1. The van der Waals surface area contributed by atoms with E-state index < -0.39 is 60.3 Å². The van der Waals surface area contributed by atoms with E-state index in [1.54, 1.807) is 57.2 Å². The summed E-state index contributed by atoms with van der Waals surface area (Å²) in [5.74, 6) is -0.770. The fourth-order valence-electron chi connectivity index (χ4n) is 4.14. The van der Waals surface area contributed by atoms with Crippen LogP contribution in [0.1, 0.15) is 37.1 Å². The first-order chi connectivity index (χ1) is 22.4. The van der Waals surface area contributed by atoms with Crippen LogP contribution < -0.4 is 24.8 Å². The zero-order chi connectivity index (χ0) is 34.4. The summed E-state index contributed by atoms with van der Waals surface area (Å²) in [5, 5.41) is 14.8. The van der Waals surface area contributed by atoms with Gasteiger partial charge in [-0.2, -0.15) is 0 Å². The van der Waals surface area contributed by atoms with Gasteiger partial charge in [0.15, 0.2) is 18.1 Å². The largest absolute Gasteiger partial charge is 0.496 e. The quantitative estimate of drug-likeness (QED) is 0.134. The monoisotopic (exact) mass is 676 g/mol. The maximum absolute atomic E-state index is 13.2. The molecule has 1 heterocycles. The molecule has 3 rings (SSSR count). The van der Waals surface area contributed by atoms with Gasteiger partial charge in [-0.25, -0.2) is 19.2 Å². The lowest BCUT2D eigenvalue weighted by atomic mass is 10.0. The van der Waals surface area contributed by atoms with Crippen molar-refractivity contribution in [2.24, 2.45) is 0 Å². The summed E-state index contributed by atoms with van der Waals surface area (Å²) in [4.78, 5) is 50.8. The average Bonchev–Trinajstić information content (AvgIpc) is 3.50. The topological polar surface area (TPSA) is 177 Å². The lowest BCUT2D eigenvalue weighted by Gasteiger charge is -2.30. The third-order valence-electron chi connectivity index (χ3n) is 6.22. The SMILES string of the molecule is C=CCOC(=O)COC(=O)[C@H](CS[C@H](c1cc2c(cc1OC)OCO2)[C@@H](CO)NC(=O)OC(C)(C)C)NC(=O)OCc1ccccc1. The van der Waals surface area contributed by atoms with Gasteiger partial charge in [0.1, 0.15) is 30.6 Å². The number of fused-ring (bicyclic) bond motifs is 1. The van der Waals surface area contributed by atoms with E-state index in [9.17, 15) is 24.3 Å². The van der Waals surface area contributed by atoms with E-state index in [1.807, 2.05) is 6.07 Å². The number of alkyl carbamates (subject to hydrolysis) is 2. The van der Waals surface area contributed by atoms with Crippen molar-refractivity contribution in [3.63, 3.8) is 0 Å². The Hall–Kier alpha value is -4.63. The Morgan fingerprint density at radius 1 is 1.02 bits per heavy atom. The fourth-order valence-corrected chi connectivity index (χ4v) is 5.51. The molecule has 0 unspecified atom stereocenters. The molecule has 2 aromatic rings. The second-order valence-electron chi connectivity index (χ2n) is 11.0. The molecule has 0 aliphatic carbocycles. The number of rotatable bonds is 16. The van der Waals surface area contributed by atoms with Gasteiger partial charge in [0, 0.05) is 17.4 Å². The highest BCUT2D eigenvalue weighted by atomic mass is 32.2. The summed E-state index contributed by atoms with van der Waals surface area (Å²) in [6.45, 7) is 7.11. The van der Waals surface area contributed by atoms with E-state index in [0.717, 1.165) is 17.3 Å². The van der Waals surface area contributed by atoms with Crippen molar-refractivity contribution in [2.45, 2.75) is 50.3 Å². The number of amides is 2. The third kappa shape index (κ3) is 11.9. The summed E-state index contributed by atoms with van der Waals surface area (Å²) < 4.78 is 37.3. The predicted molar refractivity (Wildman–Crippen MR) is 170 cm³/mol. The molecule has 3 atom stereocenters. The van der Waals surface area contributed by atoms with Gasteiger partial charge in [0.25, 0.3) is 0 Å². The van der Waals surface area contributed by atoms with Crippen LogP contribution in [-0.2, 0) is 35.1 Å². The van der Waals surface area contributed by atoms with Crippen molar-refractivity contribution < 1.29 is 57.4 Å². The van der Waals surface area contributed by atoms with Crippen LogP contribution in [0.4, 0.5) is 9.59 Å². The van der Waals surface area contributed by atoms with E-state index >= 15 is 0 Å². The molecular weight excluding hydrogens is 636 g/mol. The van der Waals surface area contributed by atoms with Gasteiger partial charge in [-0.15, -0.1) is 11.8 Å². The number of hydrogen-bond acceptors (Lipinski definition) is 13. The summed E-state index contributed by atoms with van der Waals surface area (Å²) in [6.07, 6.45) is -0.358. The molecule has 0 spiro atoms. The second kappa shape index (κ2) is 17.9. The zero-order valence-corrected chi connectivity index (χ0v) is 27.5. The van der Waals surface area contributed by atoms with Gasteiger partial charge in [0.05, 0.1) is 25.0 Å². The van der Waals surface area contributed by atoms with Crippen LogP contribution >= 0.6 is 11.8 Å². The molecule has 3 N–H and O–H groups in total. The van der Waals surface area contributed by atoms with Crippen LogP contribution in [0.5, 0.6) is 17.2 Å². The highest BCUT2D eigenvalue weighted by Crippen LogP contribution is 2.45. The van der Waals surface area contributed by atoms with Gasteiger partial charge in [-0.3, -0.25) is 0 Å². The summed E-state index contributed by atoms with van der Waals surface area (Å²) >= 11 is 1.08. The van der Waals surface area contributed by atoms with E-state index in [4.69, 9.17) is 33.2 Å². The smallest absolute Gasteiger partial charge is 0.408 e. The maximum Gasteiger partial charge on any atom is 0.408 e. The highest BCUT2D eigenvalue weighted by Gasteiger charge is 2.34. The molecule has 0 fully saturated rings. The molecule has 2 amide bonds. The molecule has 14 nitrogen and oxygen atoms in total. The number of benzene rings is 2. The average molecular weight is 677 g/mol. The summed E-state index contributed by atoms with van der Waals surface area (Å²) in [6, 6.07) is 9.82. The molecule has 0 radical (unpaired) electrons. The maximum atomic E-state index is 13.2. The van der Waals surface area contributed by atoms with E-state index in [2.05, 4.69) is 17.2 Å². The number of hydrogen-bond donors (Lipinski definition) is 3. The number of carbonyl (C=O) groups is 4. The Kier molecular flexibility index (Phi) is 14.0. The Morgan fingerprint density at radius 3 is 2.36 bits per heavy atom. The van der Waals surface area contributed by atoms with Crippen LogP contribution in [0, 0.1) is 0 Å². The molecular formula is C32H40N2O12S. The lowest BCUT2D eigenvalue weighted by Crippen LogP contribution is -2.46. The van der Waals surface area contributed by atoms with Crippen molar-refractivity contribution in [1.82, 2.24) is 10.6 Å². The van der Waals surface area contributed by atoms with Crippen LogP contribution in [0.2, 0.25) is 0 Å². The Labute approximate surface area is 277 Å². The van der Waals surface area contributed by atoms with Gasteiger partial charge >= 0.3 is 24.1 Å². The Balaban J connectivity index is 1.88. The molecule has 1 aliphatic heterocycles. The molecule has 0 aromatic heterocycles. The summed E-state index contributed by atoms with van der Waals surface area (Å²) in [7, 11) is 1.44. The van der Waals surface area contributed by atoms with Crippen molar-refractivity contribution >= 4 is 35.9 Å². The van der Waals surface area contributed by atoms with Crippen molar-refractivity contribution in [2.75, 3.05) is 39.5 Å². The van der Waals surface area contributed by atoms with Gasteiger partial charge in [-0.05, 0) is 32.4 Å². The first kappa shape index (κ1) is 36.8. The second-order valence-corrected chi connectivity index (χ2v) is 12.1. The van der Waals surface area contributed by atoms with Gasteiger partial charge in [-0.1, -0.05) is 43.0 Å². The molecule has 0 saturated heterocycles. The first-order valence-corrected chi connectivity index (χ1v) is 15.6. The standard InChI is InChI=1S/C32H40N2O12S/c1-6-12-41-27(36)17-42-29(37)23(34-30(38)43-16-20-10-8-7-9-11-20)18-47-28(22(15-35)33-31(39)46-32(2,3)4)21-13-25-26(45-19-44-25)14-24(21)40-5/h6-11,13-14,22-23,28,35H,1,12,15-19H2,2-5H3,(H,33,39)(H,34,38)/t22-,23+,28-/m1/s1. The number of carbonyl (C=O) groups excluding carboxylic acids is 4. The number of nitrogens with one attached hydrogen (secondary N) is 2. The van der Waals surface area contributed by atoms with Gasteiger partial charge < -0.3 is 48.9 Å². The van der Waals surface area contributed by atoms with E-state index in [1.165, 1.54) is 13.2 Å². The van der Waals surface area contributed by atoms with Crippen LogP contribution in [0.25, 0.3) is 0 Å². The fraction of sp³-hybridized carbons (Fsp3) is 0.438. The predicted octanol–water partition coefficient (Wildman–Crippen LogP) is 3.65. The number of thioether (sulfide) groups is 1. The normalized spacial score (nSPS) is 13.7. The molecule has 1 aliphatic rings. The van der Waals surface area contributed by atoms with E-state index in [0.29, 0.717) is 22.8 Å². The minimum absolute atomic E-state index is 0.0164. The first-order valence-electron chi connectivity index (χ1n) is 14.5. The number of ether oxygens (including phenoxy) is 7. The van der Waals surface area contributed by atoms with Crippen molar-refractivity contribution in [1.29, 1.82) is 0 Å². The molecule has 2 aromatic carbocycles. The number of methoxy groups -OCH3 is 1. The van der Waals surface area contributed by atoms with Crippen LogP contribution in [0.15, 0.2) is 55.1 Å². The Bertz CT molecular complexity index is 1380. The molecule has 0 saturated carbocycles. The van der Waals surface area contributed by atoms with E-state index in [-0.39, 0.29) is 25.8 Å². The number of aliphatic hydroxyl groups is 1. The third-order valence-corrected chi connectivity index (χ3v) is 7.69. The number of esters is 2. The minimum Gasteiger partial charge on any atom is -0.496 e. The highest BCUT2D eigenvalue weighted by molar-refractivity contribution is 7.99. The molecule has 15 heteroatoms. The summed E-state index contributed by atoms with van der Waals surface area (Å²) in [5.41, 5.74) is 0.369. The van der Waals surface area contributed by atoms with Crippen LogP contribution in [-0.4, -0.2) is 86.4 Å². The van der Waals surface area contributed by atoms with Crippen molar-refractivity contribution in [3.8, 4) is 17.2 Å². The van der Waals surface area contributed by atoms with Gasteiger partial charge in [0.2, 0.25) is 6.79 Å². The lowest BCUT2D eigenvalue weighted by molar-refractivity contribution is -0.158. The molecule has 256 valence electrons. The minimum atomic E-state index is -1.35. The van der Waals surface area contributed by atoms with Crippen LogP contribution in [0.3, 0.4) is 0 Å². The van der Waals surface area contributed by atoms with Crippen molar-refractivity contribution in [3.05, 3.63) is 66.2 Å².